The Kier molecular flexibility index (Phi) is 4.09. The third-order valence-corrected chi connectivity index (χ3v) is 4.16. The number of amides is 1. The zero-order chi connectivity index (χ0) is 15.5. The van der Waals surface area contributed by atoms with Crippen LogP contribution in [0.25, 0.3) is 0 Å². The molecule has 1 saturated heterocycles. The molecule has 1 heterocycles. The van der Waals surface area contributed by atoms with Gasteiger partial charge >= 0.3 is 0 Å². The summed E-state index contributed by atoms with van der Waals surface area (Å²) in [5.74, 6) is -0.203. The van der Waals surface area contributed by atoms with Gasteiger partial charge in [0.25, 0.3) is 5.91 Å². The summed E-state index contributed by atoms with van der Waals surface area (Å²) in [4.78, 5) is 14.5. The molecule has 1 atom stereocenters. The largest absolute Gasteiger partial charge is 0.399 e. The highest BCUT2D eigenvalue weighted by Crippen LogP contribution is 2.24. The van der Waals surface area contributed by atoms with Crippen molar-refractivity contribution in [1.29, 1.82) is 0 Å². The number of halogens is 1. The molecule has 3 rings (SSSR count). The number of hydrogen-bond acceptors (Lipinski definition) is 2. The summed E-state index contributed by atoms with van der Waals surface area (Å²) in [5.41, 5.74) is 7.90. The van der Waals surface area contributed by atoms with E-state index in [0.29, 0.717) is 17.7 Å². The van der Waals surface area contributed by atoms with Crippen molar-refractivity contribution in [2.75, 3.05) is 12.3 Å². The maximum Gasteiger partial charge on any atom is 0.254 e. The third-order valence-electron chi connectivity index (χ3n) is 4.16. The molecule has 2 aromatic carbocycles. The highest BCUT2D eigenvalue weighted by Gasteiger charge is 2.29. The minimum absolute atomic E-state index is 0.0268. The van der Waals surface area contributed by atoms with Crippen molar-refractivity contribution in [1.82, 2.24) is 4.90 Å². The molecular formula is C18H19FN2O. The fourth-order valence-electron chi connectivity index (χ4n) is 3.04. The Bertz CT molecular complexity index is 669. The third kappa shape index (κ3) is 3.11. The molecule has 2 N–H and O–H groups in total. The van der Waals surface area contributed by atoms with Crippen LogP contribution >= 0.6 is 0 Å². The molecule has 0 aromatic heterocycles. The molecule has 1 fully saturated rings. The molecule has 0 bridgehead atoms. The van der Waals surface area contributed by atoms with E-state index in [1.54, 1.807) is 36.4 Å². The predicted octanol–water partition coefficient (Wildman–Crippen LogP) is 3.26. The SMILES string of the molecule is Nc1ccc(C(=O)N2CCCC2Cc2cccc(F)c2)cc1. The number of benzene rings is 2. The van der Waals surface area contributed by atoms with Crippen molar-refractivity contribution in [2.24, 2.45) is 0 Å². The average molecular weight is 298 g/mol. The van der Waals surface area contributed by atoms with E-state index in [0.717, 1.165) is 24.9 Å². The van der Waals surface area contributed by atoms with E-state index in [4.69, 9.17) is 5.73 Å². The molecule has 0 aliphatic carbocycles. The highest BCUT2D eigenvalue weighted by atomic mass is 19.1. The van der Waals surface area contributed by atoms with Crippen LogP contribution in [0.5, 0.6) is 0 Å². The zero-order valence-electron chi connectivity index (χ0n) is 12.3. The van der Waals surface area contributed by atoms with Gasteiger partial charge in [0, 0.05) is 23.8 Å². The van der Waals surface area contributed by atoms with Crippen molar-refractivity contribution in [3.63, 3.8) is 0 Å². The number of nitrogens with zero attached hydrogens (tertiary/aromatic N) is 1. The first kappa shape index (κ1) is 14.6. The summed E-state index contributed by atoms with van der Waals surface area (Å²) in [6.45, 7) is 0.753. The van der Waals surface area contributed by atoms with Crippen LogP contribution in [0.2, 0.25) is 0 Å². The lowest BCUT2D eigenvalue weighted by molar-refractivity contribution is 0.0736. The summed E-state index contributed by atoms with van der Waals surface area (Å²) in [6.07, 6.45) is 2.64. The van der Waals surface area contributed by atoms with Crippen molar-refractivity contribution >= 4 is 11.6 Å². The molecular weight excluding hydrogens is 279 g/mol. The summed E-state index contributed by atoms with van der Waals surface area (Å²) >= 11 is 0. The van der Waals surface area contributed by atoms with E-state index in [-0.39, 0.29) is 17.8 Å². The van der Waals surface area contributed by atoms with E-state index in [1.165, 1.54) is 6.07 Å². The lowest BCUT2D eigenvalue weighted by Crippen LogP contribution is -2.36. The van der Waals surface area contributed by atoms with Crippen LogP contribution < -0.4 is 5.73 Å². The van der Waals surface area contributed by atoms with Crippen molar-refractivity contribution in [3.05, 3.63) is 65.5 Å². The molecule has 0 radical (unpaired) electrons. The smallest absolute Gasteiger partial charge is 0.254 e. The number of nitrogens with two attached hydrogens (primary N) is 1. The number of rotatable bonds is 3. The van der Waals surface area contributed by atoms with Crippen LogP contribution in [-0.4, -0.2) is 23.4 Å². The summed E-state index contributed by atoms with van der Waals surface area (Å²) in [5, 5.41) is 0. The molecule has 1 aliphatic heterocycles. The molecule has 1 aliphatic rings. The molecule has 114 valence electrons. The van der Waals surface area contributed by atoms with Gasteiger partial charge in [0.15, 0.2) is 0 Å². The number of carbonyl (C=O) groups excluding carboxylic acids is 1. The average Bonchev–Trinajstić information content (AvgIpc) is 2.95. The first-order valence-electron chi connectivity index (χ1n) is 7.54. The van der Waals surface area contributed by atoms with E-state index in [1.807, 2.05) is 11.0 Å². The van der Waals surface area contributed by atoms with Gasteiger partial charge in [-0.2, -0.15) is 0 Å². The van der Waals surface area contributed by atoms with E-state index in [2.05, 4.69) is 0 Å². The van der Waals surface area contributed by atoms with E-state index in [9.17, 15) is 9.18 Å². The Morgan fingerprint density at radius 1 is 1.23 bits per heavy atom. The van der Waals surface area contributed by atoms with Crippen molar-refractivity contribution < 1.29 is 9.18 Å². The predicted molar refractivity (Wildman–Crippen MR) is 85.0 cm³/mol. The van der Waals surface area contributed by atoms with Crippen LogP contribution in [0.1, 0.15) is 28.8 Å². The quantitative estimate of drug-likeness (QED) is 0.884. The van der Waals surface area contributed by atoms with Gasteiger partial charge in [-0.1, -0.05) is 12.1 Å². The van der Waals surface area contributed by atoms with Crippen LogP contribution in [0, 0.1) is 5.82 Å². The number of anilines is 1. The van der Waals surface area contributed by atoms with Crippen LogP contribution in [0.15, 0.2) is 48.5 Å². The minimum Gasteiger partial charge on any atom is -0.399 e. The molecule has 1 unspecified atom stereocenters. The van der Waals surface area contributed by atoms with Crippen molar-refractivity contribution in [2.45, 2.75) is 25.3 Å². The Morgan fingerprint density at radius 2 is 2.00 bits per heavy atom. The Labute approximate surface area is 129 Å². The first-order chi connectivity index (χ1) is 10.6. The van der Waals surface area contributed by atoms with Gasteiger partial charge in [0.1, 0.15) is 5.82 Å². The normalized spacial score (nSPS) is 17.7. The minimum atomic E-state index is -0.230. The van der Waals surface area contributed by atoms with Crippen LogP contribution in [-0.2, 0) is 6.42 Å². The lowest BCUT2D eigenvalue weighted by Gasteiger charge is -2.25. The van der Waals surface area contributed by atoms with Gasteiger partial charge in [0.2, 0.25) is 0 Å². The van der Waals surface area contributed by atoms with E-state index < -0.39 is 0 Å². The maximum absolute atomic E-state index is 13.3. The second kappa shape index (κ2) is 6.18. The van der Waals surface area contributed by atoms with Gasteiger partial charge in [-0.3, -0.25) is 4.79 Å². The number of nitrogen functional groups attached to an aromatic ring is 1. The molecule has 3 nitrogen and oxygen atoms in total. The van der Waals surface area contributed by atoms with Gasteiger partial charge in [-0.05, 0) is 61.2 Å². The molecule has 4 heteroatoms. The molecule has 0 saturated carbocycles. The summed E-state index contributed by atoms with van der Waals surface area (Å²) < 4.78 is 13.3. The fraction of sp³-hybridized carbons (Fsp3) is 0.278. The Morgan fingerprint density at radius 3 is 2.73 bits per heavy atom. The number of likely N-dealkylation sites (tertiary alicyclic amines) is 1. The monoisotopic (exact) mass is 298 g/mol. The topological polar surface area (TPSA) is 46.3 Å². The lowest BCUT2D eigenvalue weighted by atomic mass is 10.0. The maximum atomic E-state index is 13.3. The van der Waals surface area contributed by atoms with Gasteiger partial charge in [-0.15, -0.1) is 0 Å². The van der Waals surface area contributed by atoms with Crippen LogP contribution in [0.3, 0.4) is 0 Å². The van der Waals surface area contributed by atoms with Gasteiger partial charge < -0.3 is 10.6 Å². The van der Waals surface area contributed by atoms with Crippen molar-refractivity contribution in [3.8, 4) is 0 Å². The van der Waals surface area contributed by atoms with Gasteiger partial charge in [-0.25, -0.2) is 4.39 Å². The molecule has 1 amide bonds. The summed E-state index contributed by atoms with van der Waals surface area (Å²) in [6, 6.07) is 13.7. The van der Waals surface area contributed by atoms with E-state index >= 15 is 0 Å². The molecule has 22 heavy (non-hydrogen) atoms. The molecule has 2 aromatic rings. The van der Waals surface area contributed by atoms with Gasteiger partial charge in [0.05, 0.1) is 0 Å². The Balaban J connectivity index is 1.75. The zero-order valence-corrected chi connectivity index (χ0v) is 12.3. The fourth-order valence-corrected chi connectivity index (χ4v) is 3.04. The Hall–Kier alpha value is -2.36. The summed E-state index contributed by atoms with van der Waals surface area (Å²) in [7, 11) is 0. The molecule has 0 spiro atoms. The van der Waals surface area contributed by atoms with Crippen LogP contribution in [0.4, 0.5) is 10.1 Å². The second-order valence-electron chi connectivity index (χ2n) is 5.75. The number of carbonyl (C=O) groups is 1. The highest BCUT2D eigenvalue weighted by molar-refractivity contribution is 5.94. The number of hydrogen-bond donors (Lipinski definition) is 1. The first-order valence-corrected chi connectivity index (χ1v) is 7.54. The second-order valence-corrected chi connectivity index (χ2v) is 5.75. The standard InChI is InChI=1S/C18H19FN2O/c19-15-4-1-3-13(11-15)12-17-5-2-10-21(17)18(22)14-6-8-16(20)9-7-14/h1,3-4,6-9,11,17H,2,5,10,12,20H2.